The van der Waals surface area contributed by atoms with Gasteiger partial charge in [-0.3, -0.25) is 4.79 Å². The summed E-state index contributed by atoms with van der Waals surface area (Å²) in [6.07, 6.45) is 2.22. The van der Waals surface area contributed by atoms with Crippen LogP contribution in [0.25, 0.3) is 11.0 Å². The van der Waals surface area contributed by atoms with Gasteiger partial charge in [0.1, 0.15) is 5.58 Å². The van der Waals surface area contributed by atoms with Crippen LogP contribution in [0.4, 0.5) is 0 Å². The van der Waals surface area contributed by atoms with Crippen molar-refractivity contribution in [3.8, 4) is 0 Å². The Morgan fingerprint density at radius 2 is 2.21 bits per heavy atom. The SMILES string of the molecule is Cc1ccc2oc(C(=O)N(CCBr)C3CC3)cc2c1. The van der Waals surface area contributed by atoms with E-state index >= 15 is 0 Å². The number of nitrogens with zero attached hydrogens (tertiary/aromatic N) is 1. The van der Waals surface area contributed by atoms with Crippen LogP contribution in [0.3, 0.4) is 0 Å². The van der Waals surface area contributed by atoms with Crippen molar-refractivity contribution >= 4 is 32.8 Å². The van der Waals surface area contributed by atoms with Crippen LogP contribution in [0.1, 0.15) is 29.0 Å². The molecule has 1 fully saturated rings. The first-order valence-electron chi connectivity index (χ1n) is 6.56. The molecule has 3 rings (SSSR count). The predicted octanol–water partition coefficient (Wildman–Crippen LogP) is 3.74. The van der Waals surface area contributed by atoms with Crippen molar-refractivity contribution in [2.45, 2.75) is 25.8 Å². The Bertz CT molecular complexity index is 616. The predicted molar refractivity (Wildman–Crippen MR) is 78.8 cm³/mol. The van der Waals surface area contributed by atoms with Crippen molar-refractivity contribution in [3.63, 3.8) is 0 Å². The molecule has 3 nitrogen and oxygen atoms in total. The number of hydrogen-bond donors (Lipinski definition) is 0. The zero-order valence-corrected chi connectivity index (χ0v) is 12.4. The maximum absolute atomic E-state index is 12.5. The van der Waals surface area contributed by atoms with Gasteiger partial charge in [-0.25, -0.2) is 0 Å². The monoisotopic (exact) mass is 321 g/mol. The van der Waals surface area contributed by atoms with E-state index in [1.54, 1.807) is 0 Å². The molecule has 2 aromatic rings. The lowest BCUT2D eigenvalue weighted by atomic mass is 10.2. The molecule has 1 aliphatic rings. The van der Waals surface area contributed by atoms with Gasteiger partial charge in [0.05, 0.1) is 0 Å². The van der Waals surface area contributed by atoms with Crippen molar-refractivity contribution in [3.05, 3.63) is 35.6 Å². The largest absolute Gasteiger partial charge is 0.451 e. The topological polar surface area (TPSA) is 33.5 Å². The van der Waals surface area contributed by atoms with Crippen molar-refractivity contribution in [1.82, 2.24) is 4.90 Å². The summed E-state index contributed by atoms with van der Waals surface area (Å²) in [6.45, 7) is 2.77. The van der Waals surface area contributed by atoms with Crippen LogP contribution < -0.4 is 0 Å². The molecule has 100 valence electrons. The summed E-state index contributed by atoms with van der Waals surface area (Å²) in [6, 6.07) is 8.22. The van der Waals surface area contributed by atoms with Crippen LogP contribution in [0.2, 0.25) is 0 Å². The highest BCUT2D eigenvalue weighted by atomic mass is 79.9. The Hall–Kier alpha value is -1.29. The second-order valence-electron chi connectivity index (χ2n) is 5.07. The highest BCUT2D eigenvalue weighted by molar-refractivity contribution is 9.09. The first-order valence-corrected chi connectivity index (χ1v) is 7.68. The second-order valence-corrected chi connectivity index (χ2v) is 5.86. The van der Waals surface area contributed by atoms with Gasteiger partial charge in [0, 0.05) is 23.3 Å². The molecule has 1 aromatic heterocycles. The molecule has 19 heavy (non-hydrogen) atoms. The molecular weight excluding hydrogens is 306 g/mol. The number of halogens is 1. The standard InChI is InChI=1S/C15H16BrNO2/c1-10-2-5-13-11(8-10)9-14(19-13)15(18)17(7-6-16)12-3-4-12/h2,5,8-9,12H,3-4,6-7H2,1H3. The number of alkyl halides is 1. The van der Waals surface area contributed by atoms with Crippen molar-refractivity contribution in [1.29, 1.82) is 0 Å². The number of amides is 1. The quantitative estimate of drug-likeness (QED) is 0.804. The first-order chi connectivity index (χ1) is 9.19. The van der Waals surface area contributed by atoms with Gasteiger partial charge >= 0.3 is 0 Å². The molecule has 0 aliphatic heterocycles. The van der Waals surface area contributed by atoms with Crippen LogP contribution in [0.5, 0.6) is 0 Å². The van der Waals surface area contributed by atoms with Gasteiger partial charge in [-0.15, -0.1) is 0 Å². The lowest BCUT2D eigenvalue weighted by Gasteiger charge is -2.19. The van der Waals surface area contributed by atoms with E-state index in [1.165, 1.54) is 5.56 Å². The maximum Gasteiger partial charge on any atom is 0.289 e. The molecule has 1 amide bonds. The van der Waals surface area contributed by atoms with E-state index in [0.29, 0.717) is 11.8 Å². The van der Waals surface area contributed by atoms with E-state index in [0.717, 1.165) is 35.7 Å². The molecule has 4 heteroatoms. The molecule has 1 heterocycles. The van der Waals surface area contributed by atoms with E-state index in [4.69, 9.17) is 4.42 Å². The number of hydrogen-bond acceptors (Lipinski definition) is 2. The summed E-state index contributed by atoms with van der Waals surface area (Å²) in [5.74, 6) is 0.462. The van der Waals surface area contributed by atoms with Crippen molar-refractivity contribution < 1.29 is 9.21 Å². The van der Waals surface area contributed by atoms with Crippen LogP contribution in [0, 0.1) is 6.92 Å². The lowest BCUT2D eigenvalue weighted by molar-refractivity contribution is 0.0725. The molecule has 0 N–H and O–H groups in total. The van der Waals surface area contributed by atoms with E-state index < -0.39 is 0 Å². The minimum atomic E-state index is 0.0100. The summed E-state index contributed by atoms with van der Waals surface area (Å²) < 4.78 is 5.68. The van der Waals surface area contributed by atoms with Gasteiger partial charge in [-0.05, 0) is 38.0 Å². The zero-order valence-electron chi connectivity index (χ0n) is 10.9. The third kappa shape index (κ3) is 2.54. The molecule has 0 radical (unpaired) electrons. The van der Waals surface area contributed by atoms with E-state index in [9.17, 15) is 4.79 Å². The summed E-state index contributed by atoms with van der Waals surface area (Å²) in [4.78, 5) is 14.4. The number of carbonyl (C=O) groups excluding carboxylic acids is 1. The molecule has 0 unspecified atom stereocenters. The Kier molecular flexibility index (Phi) is 3.35. The van der Waals surface area contributed by atoms with E-state index in [-0.39, 0.29) is 5.91 Å². The number of rotatable bonds is 4. The normalized spacial score (nSPS) is 14.8. The Morgan fingerprint density at radius 1 is 1.42 bits per heavy atom. The first kappa shape index (κ1) is 12.7. The minimum absolute atomic E-state index is 0.0100. The average Bonchev–Trinajstić information content (AvgIpc) is 3.14. The van der Waals surface area contributed by atoms with Gasteiger partial charge in [0.15, 0.2) is 5.76 Å². The third-order valence-electron chi connectivity index (χ3n) is 3.46. The minimum Gasteiger partial charge on any atom is -0.451 e. The van der Waals surface area contributed by atoms with Gasteiger partial charge < -0.3 is 9.32 Å². The highest BCUT2D eigenvalue weighted by Crippen LogP contribution is 2.29. The van der Waals surface area contributed by atoms with Crippen molar-refractivity contribution in [2.24, 2.45) is 0 Å². The van der Waals surface area contributed by atoms with E-state index in [1.807, 2.05) is 36.1 Å². The Morgan fingerprint density at radius 3 is 2.89 bits per heavy atom. The summed E-state index contributed by atoms with van der Waals surface area (Å²) in [5, 5.41) is 1.80. The zero-order chi connectivity index (χ0) is 13.4. The fourth-order valence-electron chi connectivity index (χ4n) is 2.34. The Labute approximate surface area is 120 Å². The summed E-state index contributed by atoms with van der Waals surface area (Å²) >= 11 is 3.41. The van der Waals surface area contributed by atoms with Crippen LogP contribution in [-0.4, -0.2) is 28.7 Å². The third-order valence-corrected chi connectivity index (χ3v) is 3.81. The highest BCUT2D eigenvalue weighted by Gasteiger charge is 2.33. The molecule has 1 aromatic carbocycles. The van der Waals surface area contributed by atoms with E-state index in [2.05, 4.69) is 15.9 Å². The van der Waals surface area contributed by atoms with Gasteiger partial charge in [-0.1, -0.05) is 27.6 Å². The summed E-state index contributed by atoms with van der Waals surface area (Å²) in [5.41, 5.74) is 1.95. The maximum atomic E-state index is 12.5. The number of benzene rings is 1. The van der Waals surface area contributed by atoms with Crippen LogP contribution >= 0.6 is 15.9 Å². The summed E-state index contributed by atoms with van der Waals surface area (Å²) in [7, 11) is 0. The second kappa shape index (κ2) is 5.00. The Balaban J connectivity index is 1.91. The molecular formula is C15H16BrNO2. The lowest BCUT2D eigenvalue weighted by Crippen LogP contribution is -2.34. The molecule has 0 saturated heterocycles. The number of furan rings is 1. The molecule has 0 bridgehead atoms. The molecule has 0 atom stereocenters. The number of carbonyl (C=O) groups is 1. The fourth-order valence-corrected chi connectivity index (χ4v) is 2.72. The molecule has 0 spiro atoms. The number of aryl methyl sites for hydroxylation is 1. The van der Waals surface area contributed by atoms with Crippen molar-refractivity contribution in [2.75, 3.05) is 11.9 Å². The number of fused-ring (bicyclic) bond motifs is 1. The molecule has 1 aliphatic carbocycles. The fraction of sp³-hybridized carbons (Fsp3) is 0.400. The van der Waals surface area contributed by atoms with Crippen LogP contribution in [-0.2, 0) is 0 Å². The average molecular weight is 322 g/mol. The smallest absolute Gasteiger partial charge is 0.289 e. The van der Waals surface area contributed by atoms with Gasteiger partial charge in [0.2, 0.25) is 0 Å². The van der Waals surface area contributed by atoms with Crippen LogP contribution in [0.15, 0.2) is 28.7 Å². The molecule has 1 saturated carbocycles. The van der Waals surface area contributed by atoms with Gasteiger partial charge in [0.25, 0.3) is 5.91 Å². The van der Waals surface area contributed by atoms with Gasteiger partial charge in [-0.2, -0.15) is 0 Å².